The molecule has 4 amide bonds. The van der Waals surface area contributed by atoms with Gasteiger partial charge in [0.2, 0.25) is 5.91 Å². The fraction of sp³-hybridized carbons (Fsp3) is 0.727. The van der Waals surface area contributed by atoms with E-state index in [1.807, 2.05) is 4.90 Å². The lowest BCUT2D eigenvalue weighted by Crippen LogP contribution is -2.61. The van der Waals surface area contributed by atoms with Gasteiger partial charge in [0.05, 0.1) is 0 Å². The zero-order chi connectivity index (χ0) is 28.2. The van der Waals surface area contributed by atoms with Gasteiger partial charge in [0.15, 0.2) is 0 Å². The minimum absolute atomic E-state index is 0.00442. The molecule has 4 heterocycles. The minimum atomic E-state index is -0.690. The molecule has 0 aromatic heterocycles. The molecule has 0 radical (unpaired) electrons. The van der Waals surface area contributed by atoms with Gasteiger partial charge in [0, 0.05) is 56.6 Å². The van der Waals surface area contributed by atoms with Crippen LogP contribution in [0, 0.1) is 17.3 Å². The van der Waals surface area contributed by atoms with Crippen LogP contribution >= 0.6 is 0 Å². The van der Waals surface area contributed by atoms with Gasteiger partial charge in [-0.05, 0) is 55.9 Å². The number of piperidine rings is 1. The first-order chi connectivity index (χ1) is 19.1. The average molecular weight is 549 g/mol. The molecule has 1 aromatic rings. The Morgan fingerprint density at radius 2 is 1.62 bits per heavy atom. The van der Waals surface area contributed by atoms with Crippen molar-refractivity contribution >= 4 is 17.8 Å². The van der Waals surface area contributed by atoms with E-state index in [1.165, 1.54) is 16.9 Å². The normalized spacial score (nSPS) is 34.1. The van der Waals surface area contributed by atoms with Crippen LogP contribution in [0.1, 0.15) is 90.0 Å². The van der Waals surface area contributed by atoms with Gasteiger partial charge >= 0.3 is 6.03 Å². The number of carbonyl (C=O) groups is 3. The molecule has 2 unspecified atom stereocenters. The standard InChI is InChI=1S/C33H48N4O3/c1-23(2)19-37-31(40)34(4)30(39)33(37)17-26-13-14-27(18-33)36(26)21-25-20-35(22-28(25)24-11-7-5-8-12-24)29(38)32(3)15-9-6-10-16-32/h5,7-8,11-12,23,25-28H,6,9-10,13-22H2,1-4H3/t25-,26?,27?,28-,33?/m1/s1. The van der Waals surface area contributed by atoms with E-state index >= 15 is 0 Å². The number of rotatable bonds is 6. The summed E-state index contributed by atoms with van der Waals surface area (Å²) >= 11 is 0. The first-order valence-electron chi connectivity index (χ1n) is 15.8. The van der Waals surface area contributed by atoms with Crippen molar-refractivity contribution < 1.29 is 14.4 Å². The molecule has 5 fully saturated rings. The van der Waals surface area contributed by atoms with Gasteiger partial charge in [0.1, 0.15) is 5.54 Å². The maximum atomic E-state index is 13.9. The molecule has 1 saturated carbocycles. The molecule has 7 heteroatoms. The molecule has 1 aromatic carbocycles. The SMILES string of the molecule is CC(C)CN1C(=O)N(C)C(=O)C12CC1CCC(C2)N1C[C@H]1CN(C(=O)C2(C)CCCCC2)C[C@@H]1c1ccccc1. The number of hydrogen-bond acceptors (Lipinski definition) is 4. The van der Waals surface area contributed by atoms with Gasteiger partial charge in [-0.25, -0.2) is 4.79 Å². The Hall–Kier alpha value is -2.41. The van der Waals surface area contributed by atoms with E-state index in [4.69, 9.17) is 0 Å². The maximum Gasteiger partial charge on any atom is 0.327 e. The second-order valence-corrected chi connectivity index (χ2v) is 14.3. The fourth-order valence-electron chi connectivity index (χ4n) is 9.00. The van der Waals surface area contributed by atoms with E-state index < -0.39 is 5.54 Å². The Labute approximate surface area is 240 Å². The van der Waals surface area contributed by atoms with Crippen LogP contribution in [0.3, 0.4) is 0 Å². The number of hydrogen-bond donors (Lipinski definition) is 0. The van der Waals surface area contributed by atoms with Crippen molar-refractivity contribution in [2.75, 3.05) is 33.2 Å². The summed E-state index contributed by atoms with van der Waals surface area (Å²) in [5.74, 6) is 1.36. The van der Waals surface area contributed by atoms with E-state index in [-0.39, 0.29) is 17.4 Å². The Morgan fingerprint density at radius 1 is 0.975 bits per heavy atom. The lowest BCUT2D eigenvalue weighted by Gasteiger charge is -2.48. The third-order valence-corrected chi connectivity index (χ3v) is 11.1. The Kier molecular flexibility index (Phi) is 7.25. The smallest absolute Gasteiger partial charge is 0.327 e. The summed E-state index contributed by atoms with van der Waals surface area (Å²) in [5.41, 5.74) is 0.426. The molecular formula is C33H48N4O3. The summed E-state index contributed by atoms with van der Waals surface area (Å²) in [4.78, 5) is 48.8. The van der Waals surface area contributed by atoms with Crippen molar-refractivity contribution in [1.82, 2.24) is 19.6 Å². The zero-order valence-electron chi connectivity index (χ0n) is 25.0. The largest absolute Gasteiger partial charge is 0.341 e. The first-order valence-corrected chi connectivity index (χ1v) is 15.8. The summed E-state index contributed by atoms with van der Waals surface area (Å²) in [5, 5.41) is 0. The number of likely N-dealkylation sites (N-methyl/N-ethyl adjacent to an activating group) is 1. The Bertz CT molecular complexity index is 1120. The molecule has 6 rings (SSSR count). The van der Waals surface area contributed by atoms with Crippen LogP contribution in [0.2, 0.25) is 0 Å². The van der Waals surface area contributed by atoms with Crippen LogP contribution < -0.4 is 0 Å². The second kappa shape index (κ2) is 10.5. The molecule has 7 nitrogen and oxygen atoms in total. The number of amides is 4. The van der Waals surface area contributed by atoms with E-state index in [0.717, 1.165) is 71.0 Å². The molecule has 2 bridgehead atoms. The van der Waals surface area contributed by atoms with Crippen LogP contribution in [0.25, 0.3) is 0 Å². The molecule has 4 saturated heterocycles. The molecule has 5 aliphatic rings. The topological polar surface area (TPSA) is 64.2 Å². The van der Waals surface area contributed by atoms with E-state index in [9.17, 15) is 14.4 Å². The number of carbonyl (C=O) groups excluding carboxylic acids is 3. The summed E-state index contributed by atoms with van der Waals surface area (Å²) in [6.45, 7) is 9.64. The van der Waals surface area contributed by atoms with Crippen molar-refractivity contribution in [3.05, 3.63) is 35.9 Å². The molecule has 4 atom stereocenters. The van der Waals surface area contributed by atoms with Crippen LogP contribution in [0.4, 0.5) is 4.79 Å². The minimum Gasteiger partial charge on any atom is -0.341 e. The van der Waals surface area contributed by atoms with Gasteiger partial charge in [-0.1, -0.05) is 70.4 Å². The van der Waals surface area contributed by atoms with Gasteiger partial charge in [-0.15, -0.1) is 0 Å². The number of likely N-dealkylation sites (tertiary alicyclic amines) is 1. The molecule has 1 aliphatic carbocycles. The number of urea groups is 1. The van der Waals surface area contributed by atoms with Crippen molar-refractivity contribution in [3.8, 4) is 0 Å². The third kappa shape index (κ3) is 4.56. The lowest BCUT2D eigenvalue weighted by molar-refractivity contribution is -0.142. The van der Waals surface area contributed by atoms with Crippen LogP contribution in [-0.2, 0) is 9.59 Å². The summed E-state index contributed by atoms with van der Waals surface area (Å²) in [6, 6.07) is 11.3. The molecule has 218 valence electrons. The summed E-state index contributed by atoms with van der Waals surface area (Å²) < 4.78 is 0. The monoisotopic (exact) mass is 548 g/mol. The molecule has 40 heavy (non-hydrogen) atoms. The molecular weight excluding hydrogens is 500 g/mol. The lowest BCUT2D eigenvalue weighted by atomic mass is 9.74. The first kappa shape index (κ1) is 27.7. The van der Waals surface area contributed by atoms with Crippen LogP contribution in [-0.4, -0.2) is 88.3 Å². The van der Waals surface area contributed by atoms with Crippen molar-refractivity contribution in [1.29, 1.82) is 0 Å². The quantitative estimate of drug-likeness (QED) is 0.463. The van der Waals surface area contributed by atoms with E-state index in [0.29, 0.717) is 42.3 Å². The van der Waals surface area contributed by atoms with Gasteiger partial charge in [0.25, 0.3) is 5.91 Å². The highest BCUT2D eigenvalue weighted by Crippen LogP contribution is 2.49. The molecule has 0 N–H and O–H groups in total. The van der Waals surface area contributed by atoms with Crippen molar-refractivity contribution in [2.45, 2.75) is 102 Å². The predicted molar refractivity (Wildman–Crippen MR) is 156 cm³/mol. The Balaban J connectivity index is 1.23. The zero-order valence-corrected chi connectivity index (χ0v) is 25.0. The number of imide groups is 1. The van der Waals surface area contributed by atoms with Crippen LogP contribution in [0.5, 0.6) is 0 Å². The highest BCUT2D eigenvalue weighted by atomic mass is 16.2. The summed E-state index contributed by atoms with van der Waals surface area (Å²) in [7, 11) is 1.66. The van der Waals surface area contributed by atoms with Crippen LogP contribution in [0.15, 0.2) is 30.3 Å². The molecule has 4 aliphatic heterocycles. The average Bonchev–Trinajstić information content (AvgIpc) is 3.52. The van der Waals surface area contributed by atoms with Crippen molar-refractivity contribution in [3.63, 3.8) is 0 Å². The summed E-state index contributed by atoms with van der Waals surface area (Å²) in [6.07, 6.45) is 9.20. The van der Waals surface area contributed by atoms with E-state index in [1.54, 1.807) is 7.05 Å². The van der Waals surface area contributed by atoms with Gasteiger partial charge < -0.3 is 9.80 Å². The van der Waals surface area contributed by atoms with Gasteiger partial charge in [-0.2, -0.15) is 0 Å². The van der Waals surface area contributed by atoms with Crippen molar-refractivity contribution in [2.24, 2.45) is 17.3 Å². The highest BCUT2D eigenvalue weighted by Gasteiger charge is 2.62. The Morgan fingerprint density at radius 3 is 2.25 bits per heavy atom. The number of nitrogens with zero attached hydrogens (tertiary/aromatic N) is 4. The maximum absolute atomic E-state index is 13.9. The third-order valence-electron chi connectivity index (χ3n) is 11.1. The second-order valence-electron chi connectivity index (χ2n) is 14.3. The van der Waals surface area contributed by atoms with Gasteiger partial charge in [-0.3, -0.25) is 19.4 Å². The molecule has 1 spiro atoms. The fourth-order valence-corrected chi connectivity index (χ4v) is 9.00. The predicted octanol–water partition coefficient (Wildman–Crippen LogP) is 5.11. The highest BCUT2D eigenvalue weighted by molar-refractivity contribution is 6.07. The number of benzene rings is 1. The number of fused-ring (bicyclic) bond motifs is 2. The van der Waals surface area contributed by atoms with E-state index in [2.05, 4.69) is 60.9 Å².